The molecule has 1 saturated carbocycles. The number of carbonyl (C=O) groups is 1. The van der Waals surface area contributed by atoms with Gasteiger partial charge in [-0.25, -0.2) is 4.98 Å². The maximum Gasteiger partial charge on any atom is 0.306 e. The molecule has 1 heterocycles. The molecule has 1 aromatic heterocycles. The smallest absolute Gasteiger partial charge is 0.306 e. The van der Waals surface area contributed by atoms with Gasteiger partial charge in [-0.05, 0) is 52.7 Å². The molecule has 0 radical (unpaired) electrons. The SMILES string of the molecule is COC(=O)CC1(CSc2nccc(C)c2Br)CC1. The van der Waals surface area contributed by atoms with Gasteiger partial charge in [-0.1, -0.05) is 0 Å². The molecule has 1 fully saturated rings. The molecule has 0 N–H and O–H groups in total. The molecule has 3 nitrogen and oxygen atoms in total. The molecule has 18 heavy (non-hydrogen) atoms. The van der Waals surface area contributed by atoms with E-state index >= 15 is 0 Å². The van der Waals surface area contributed by atoms with Crippen LogP contribution >= 0.6 is 27.7 Å². The van der Waals surface area contributed by atoms with Gasteiger partial charge in [-0.15, -0.1) is 11.8 Å². The molecule has 0 saturated heterocycles. The highest BCUT2D eigenvalue weighted by Crippen LogP contribution is 2.52. The van der Waals surface area contributed by atoms with E-state index in [1.165, 1.54) is 12.7 Å². The monoisotopic (exact) mass is 329 g/mol. The number of rotatable bonds is 5. The quantitative estimate of drug-likeness (QED) is 0.611. The van der Waals surface area contributed by atoms with Crippen LogP contribution in [0.4, 0.5) is 0 Å². The standard InChI is InChI=1S/C13H16BrNO2S/c1-9-3-6-15-12(11(9)14)18-8-13(4-5-13)7-10(16)17-2/h3,6H,4-5,7-8H2,1-2H3. The number of methoxy groups -OCH3 is 1. The maximum atomic E-state index is 11.3. The van der Waals surface area contributed by atoms with Crippen LogP contribution in [-0.2, 0) is 9.53 Å². The molecule has 98 valence electrons. The van der Waals surface area contributed by atoms with Gasteiger partial charge in [0.25, 0.3) is 0 Å². The van der Waals surface area contributed by atoms with Gasteiger partial charge >= 0.3 is 5.97 Å². The van der Waals surface area contributed by atoms with Gasteiger partial charge in [0.05, 0.1) is 18.0 Å². The van der Waals surface area contributed by atoms with Crippen LogP contribution in [0.2, 0.25) is 0 Å². The number of aromatic nitrogens is 1. The minimum atomic E-state index is -0.107. The third kappa shape index (κ3) is 3.26. The van der Waals surface area contributed by atoms with Crippen molar-refractivity contribution in [1.29, 1.82) is 0 Å². The fraction of sp³-hybridized carbons (Fsp3) is 0.538. The Labute approximate surface area is 120 Å². The first-order chi connectivity index (χ1) is 8.56. The van der Waals surface area contributed by atoms with Gasteiger partial charge in [0, 0.05) is 11.9 Å². The third-order valence-electron chi connectivity index (χ3n) is 3.27. The average Bonchev–Trinajstić information content (AvgIpc) is 3.11. The molecule has 5 heteroatoms. The number of aryl methyl sites for hydroxylation is 1. The molecule has 0 amide bonds. The van der Waals surface area contributed by atoms with Crippen LogP contribution in [-0.4, -0.2) is 23.8 Å². The first kappa shape index (κ1) is 13.9. The average molecular weight is 330 g/mol. The van der Waals surface area contributed by atoms with Crippen LogP contribution in [0.3, 0.4) is 0 Å². The van der Waals surface area contributed by atoms with Crippen molar-refractivity contribution in [2.24, 2.45) is 5.41 Å². The van der Waals surface area contributed by atoms with Crippen LogP contribution in [0, 0.1) is 12.3 Å². The second-order valence-corrected chi connectivity index (χ2v) is 6.55. The van der Waals surface area contributed by atoms with Gasteiger partial charge in [0.1, 0.15) is 5.03 Å². The van der Waals surface area contributed by atoms with Crippen LogP contribution in [0.15, 0.2) is 21.8 Å². The summed E-state index contributed by atoms with van der Waals surface area (Å²) in [5.41, 5.74) is 1.33. The largest absolute Gasteiger partial charge is 0.469 e. The molecular formula is C13H16BrNO2S. The number of pyridine rings is 1. The molecule has 1 aromatic rings. The van der Waals surface area contributed by atoms with Gasteiger partial charge in [0.2, 0.25) is 0 Å². The van der Waals surface area contributed by atoms with Crippen molar-refractivity contribution in [3.8, 4) is 0 Å². The Bertz CT molecular complexity index is 460. The normalized spacial score (nSPS) is 16.4. The lowest BCUT2D eigenvalue weighted by Crippen LogP contribution is -2.13. The molecule has 2 rings (SSSR count). The Morgan fingerprint density at radius 1 is 1.61 bits per heavy atom. The number of hydrogen-bond acceptors (Lipinski definition) is 4. The maximum absolute atomic E-state index is 11.3. The van der Waals surface area contributed by atoms with Crippen LogP contribution in [0.25, 0.3) is 0 Å². The predicted octanol–water partition coefficient (Wildman–Crippen LogP) is 3.59. The summed E-state index contributed by atoms with van der Waals surface area (Å²) in [5.74, 6) is 0.821. The van der Waals surface area contributed by atoms with E-state index in [2.05, 4.69) is 27.8 Å². The molecule has 0 aliphatic heterocycles. The van der Waals surface area contributed by atoms with Crippen molar-refractivity contribution in [2.75, 3.05) is 12.9 Å². The van der Waals surface area contributed by atoms with Crippen LogP contribution in [0.1, 0.15) is 24.8 Å². The summed E-state index contributed by atoms with van der Waals surface area (Å²) in [7, 11) is 1.45. The van der Waals surface area contributed by atoms with E-state index in [4.69, 9.17) is 4.74 Å². The number of carbonyl (C=O) groups excluding carboxylic acids is 1. The fourth-order valence-electron chi connectivity index (χ4n) is 1.76. The summed E-state index contributed by atoms with van der Waals surface area (Å²) >= 11 is 5.28. The van der Waals surface area contributed by atoms with Crippen LogP contribution in [0.5, 0.6) is 0 Å². The Kier molecular flexibility index (Phi) is 4.33. The lowest BCUT2D eigenvalue weighted by molar-refractivity contribution is -0.141. The van der Waals surface area contributed by atoms with Crippen molar-refractivity contribution in [3.05, 3.63) is 22.3 Å². The van der Waals surface area contributed by atoms with E-state index in [1.807, 2.05) is 12.3 Å². The lowest BCUT2D eigenvalue weighted by Gasteiger charge is -2.13. The first-order valence-corrected chi connectivity index (χ1v) is 7.65. The zero-order valence-electron chi connectivity index (χ0n) is 10.5. The highest BCUT2D eigenvalue weighted by Gasteiger charge is 2.44. The van der Waals surface area contributed by atoms with Crippen molar-refractivity contribution in [2.45, 2.75) is 31.2 Å². The minimum Gasteiger partial charge on any atom is -0.469 e. The number of hydrogen-bond donors (Lipinski definition) is 0. The highest BCUT2D eigenvalue weighted by atomic mass is 79.9. The summed E-state index contributed by atoms with van der Waals surface area (Å²) in [6, 6.07) is 1.98. The van der Waals surface area contributed by atoms with E-state index in [0.29, 0.717) is 6.42 Å². The lowest BCUT2D eigenvalue weighted by atomic mass is 10.1. The number of halogens is 1. The van der Waals surface area contributed by atoms with E-state index in [9.17, 15) is 4.79 Å². The topological polar surface area (TPSA) is 39.2 Å². The second kappa shape index (κ2) is 5.61. The Hall–Kier alpha value is -0.550. The number of esters is 1. The summed E-state index contributed by atoms with van der Waals surface area (Å²) in [5, 5.41) is 1.01. The molecule has 0 bridgehead atoms. The molecule has 1 aliphatic carbocycles. The second-order valence-electron chi connectivity index (χ2n) is 4.79. The zero-order chi connectivity index (χ0) is 13.2. The minimum absolute atomic E-state index is 0.107. The fourth-order valence-corrected chi connectivity index (χ4v) is 3.60. The molecule has 0 spiro atoms. The number of thioether (sulfide) groups is 1. The summed E-state index contributed by atoms with van der Waals surface area (Å²) in [4.78, 5) is 15.7. The van der Waals surface area contributed by atoms with Crippen molar-refractivity contribution in [1.82, 2.24) is 4.98 Å². The van der Waals surface area contributed by atoms with Crippen molar-refractivity contribution in [3.63, 3.8) is 0 Å². The first-order valence-electron chi connectivity index (χ1n) is 5.87. The van der Waals surface area contributed by atoms with E-state index < -0.39 is 0 Å². The van der Waals surface area contributed by atoms with Crippen molar-refractivity contribution < 1.29 is 9.53 Å². The molecule has 0 unspecified atom stereocenters. The van der Waals surface area contributed by atoms with Gasteiger partial charge in [-0.2, -0.15) is 0 Å². The van der Waals surface area contributed by atoms with E-state index in [-0.39, 0.29) is 11.4 Å². The predicted molar refractivity (Wildman–Crippen MR) is 75.7 cm³/mol. The summed E-state index contributed by atoms with van der Waals surface area (Å²) in [6.07, 6.45) is 4.57. The van der Waals surface area contributed by atoms with Crippen molar-refractivity contribution >= 4 is 33.7 Å². The number of ether oxygens (including phenoxy) is 1. The zero-order valence-corrected chi connectivity index (χ0v) is 12.9. The Morgan fingerprint density at radius 2 is 2.33 bits per heavy atom. The molecule has 1 aliphatic rings. The van der Waals surface area contributed by atoms with E-state index in [1.54, 1.807) is 11.8 Å². The third-order valence-corrected chi connectivity index (χ3v) is 5.87. The van der Waals surface area contributed by atoms with Gasteiger partial charge in [0.15, 0.2) is 0 Å². The Morgan fingerprint density at radius 3 is 2.94 bits per heavy atom. The van der Waals surface area contributed by atoms with Gasteiger partial charge < -0.3 is 4.74 Å². The summed E-state index contributed by atoms with van der Waals surface area (Å²) in [6.45, 7) is 2.05. The summed E-state index contributed by atoms with van der Waals surface area (Å²) < 4.78 is 5.81. The van der Waals surface area contributed by atoms with Gasteiger partial charge in [-0.3, -0.25) is 4.79 Å². The van der Waals surface area contributed by atoms with E-state index in [0.717, 1.165) is 28.1 Å². The molecular weight excluding hydrogens is 314 g/mol. The highest BCUT2D eigenvalue weighted by molar-refractivity contribution is 9.10. The molecule has 0 aromatic carbocycles. The van der Waals surface area contributed by atoms with Crippen LogP contribution < -0.4 is 0 Å². The number of nitrogens with zero attached hydrogens (tertiary/aromatic N) is 1. The molecule has 0 atom stereocenters. The Balaban J connectivity index is 1.95.